The van der Waals surface area contributed by atoms with Gasteiger partial charge in [0.25, 0.3) is 0 Å². The molecule has 2 rings (SSSR count). The molecule has 5 heteroatoms. The standard InChI is InChI=1S/C17H21NO3S/c1-4-17(14-7-9-15(21-3)10-8-14)18-22(19,20)16-11-5-13(2)6-12-16/h5-12,17-18H,4H2,1-3H3. The fourth-order valence-corrected chi connectivity index (χ4v) is 3.50. The molecule has 0 radical (unpaired) electrons. The molecule has 0 fully saturated rings. The lowest BCUT2D eigenvalue weighted by Crippen LogP contribution is -2.28. The molecule has 0 heterocycles. The van der Waals surface area contributed by atoms with Gasteiger partial charge in [-0.15, -0.1) is 0 Å². The second-order valence-electron chi connectivity index (χ2n) is 5.17. The van der Waals surface area contributed by atoms with E-state index in [1.54, 1.807) is 31.4 Å². The fraction of sp³-hybridized carbons (Fsp3) is 0.294. The van der Waals surface area contributed by atoms with Gasteiger partial charge in [0.15, 0.2) is 0 Å². The van der Waals surface area contributed by atoms with Crippen LogP contribution in [0.25, 0.3) is 0 Å². The molecule has 0 aromatic heterocycles. The highest BCUT2D eigenvalue weighted by Gasteiger charge is 2.20. The van der Waals surface area contributed by atoms with Crippen molar-refractivity contribution in [3.8, 4) is 5.75 Å². The topological polar surface area (TPSA) is 55.4 Å². The molecular weight excluding hydrogens is 298 g/mol. The van der Waals surface area contributed by atoms with Crippen LogP contribution in [0, 0.1) is 6.92 Å². The van der Waals surface area contributed by atoms with E-state index >= 15 is 0 Å². The number of methoxy groups -OCH3 is 1. The predicted octanol–water partition coefficient (Wildman–Crippen LogP) is 3.43. The quantitative estimate of drug-likeness (QED) is 0.887. The van der Waals surface area contributed by atoms with Crippen LogP contribution in [-0.2, 0) is 10.0 Å². The first-order valence-corrected chi connectivity index (χ1v) is 8.67. The van der Waals surface area contributed by atoms with Gasteiger partial charge in [0.05, 0.1) is 12.0 Å². The van der Waals surface area contributed by atoms with Crippen molar-refractivity contribution in [2.45, 2.75) is 31.2 Å². The van der Waals surface area contributed by atoms with Crippen molar-refractivity contribution >= 4 is 10.0 Å². The normalized spacial score (nSPS) is 12.9. The number of nitrogens with one attached hydrogen (secondary N) is 1. The van der Waals surface area contributed by atoms with Crippen molar-refractivity contribution in [3.05, 3.63) is 59.7 Å². The van der Waals surface area contributed by atoms with Crippen molar-refractivity contribution in [2.75, 3.05) is 7.11 Å². The van der Waals surface area contributed by atoms with Crippen molar-refractivity contribution in [2.24, 2.45) is 0 Å². The molecule has 0 spiro atoms. The Labute approximate surface area is 132 Å². The zero-order chi connectivity index (χ0) is 16.2. The van der Waals surface area contributed by atoms with Gasteiger partial charge in [-0.1, -0.05) is 36.8 Å². The first-order valence-electron chi connectivity index (χ1n) is 7.19. The lowest BCUT2D eigenvalue weighted by atomic mass is 10.1. The zero-order valence-electron chi connectivity index (χ0n) is 13.0. The van der Waals surface area contributed by atoms with Crippen LogP contribution in [0.2, 0.25) is 0 Å². The second-order valence-corrected chi connectivity index (χ2v) is 6.88. The smallest absolute Gasteiger partial charge is 0.241 e. The van der Waals surface area contributed by atoms with Crippen molar-refractivity contribution in [3.63, 3.8) is 0 Å². The second kappa shape index (κ2) is 6.94. The number of aryl methyl sites for hydroxylation is 1. The van der Waals surface area contributed by atoms with Gasteiger partial charge in [0.1, 0.15) is 5.75 Å². The highest BCUT2D eigenvalue weighted by molar-refractivity contribution is 7.89. The van der Waals surface area contributed by atoms with E-state index in [-0.39, 0.29) is 10.9 Å². The fourth-order valence-electron chi connectivity index (χ4n) is 2.20. The molecule has 22 heavy (non-hydrogen) atoms. The van der Waals surface area contributed by atoms with Gasteiger partial charge in [0.2, 0.25) is 10.0 Å². The van der Waals surface area contributed by atoms with E-state index in [9.17, 15) is 8.42 Å². The number of sulfonamides is 1. The summed E-state index contributed by atoms with van der Waals surface area (Å²) in [6.07, 6.45) is 0.664. The molecule has 1 atom stereocenters. The van der Waals surface area contributed by atoms with Crippen LogP contribution in [-0.4, -0.2) is 15.5 Å². The average Bonchev–Trinajstić information content (AvgIpc) is 2.53. The monoisotopic (exact) mass is 319 g/mol. The number of hydrogen-bond donors (Lipinski definition) is 1. The zero-order valence-corrected chi connectivity index (χ0v) is 13.9. The molecule has 2 aromatic rings. The minimum atomic E-state index is -3.53. The van der Waals surface area contributed by atoms with Gasteiger partial charge < -0.3 is 4.74 Å². The Bertz CT molecular complexity index is 707. The molecule has 4 nitrogen and oxygen atoms in total. The summed E-state index contributed by atoms with van der Waals surface area (Å²) in [7, 11) is -1.93. The maximum absolute atomic E-state index is 12.5. The van der Waals surface area contributed by atoms with Gasteiger partial charge in [-0.3, -0.25) is 0 Å². The van der Waals surface area contributed by atoms with E-state index in [1.165, 1.54) is 0 Å². The van der Waals surface area contributed by atoms with Crippen LogP contribution in [0.3, 0.4) is 0 Å². The van der Waals surface area contributed by atoms with Gasteiger partial charge >= 0.3 is 0 Å². The van der Waals surface area contributed by atoms with Crippen molar-refractivity contribution in [1.82, 2.24) is 4.72 Å². The summed E-state index contributed by atoms with van der Waals surface area (Å²) in [6, 6.07) is 14.0. The van der Waals surface area contributed by atoms with E-state index in [2.05, 4.69) is 4.72 Å². The lowest BCUT2D eigenvalue weighted by Gasteiger charge is -2.18. The SMILES string of the molecule is CCC(NS(=O)(=O)c1ccc(C)cc1)c1ccc(OC)cc1. The molecule has 0 aliphatic carbocycles. The Balaban J connectivity index is 2.22. The Morgan fingerprint density at radius 3 is 2.14 bits per heavy atom. The molecule has 2 aromatic carbocycles. The van der Waals surface area contributed by atoms with E-state index in [0.717, 1.165) is 16.9 Å². The third kappa shape index (κ3) is 3.87. The first-order chi connectivity index (χ1) is 10.5. The van der Waals surface area contributed by atoms with Crippen LogP contribution < -0.4 is 9.46 Å². The third-order valence-corrected chi connectivity index (χ3v) is 5.04. The molecule has 118 valence electrons. The van der Waals surface area contributed by atoms with Crippen LogP contribution in [0.4, 0.5) is 0 Å². The molecule has 0 saturated heterocycles. The predicted molar refractivity (Wildman–Crippen MR) is 87.5 cm³/mol. The van der Waals surface area contributed by atoms with E-state index < -0.39 is 10.0 Å². The van der Waals surface area contributed by atoms with Crippen molar-refractivity contribution < 1.29 is 13.2 Å². The molecule has 1 N–H and O–H groups in total. The summed E-state index contributed by atoms with van der Waals surface area (Å²) in [5.41, 5.74) is 1.94. The number of rotatable bonds is 6. The molecule has 0 aliphatic rings. The summed E-state index contributed by atoms with van der Waals surface area (Å²) in [5.74, 6) is 0.750. The van der Waals surface area contributed by atoms with Crippen LogP contribution in [0.1, 0.15) is 30.5 Å². The Morgan fingerprint density at radius 2 is 1.64 bits per heavy atom. The Morgan fingerprint density at radius 1 is 1.05 bits per heavy atom. The lowest BCUT2D eigenvalue weighted by molar-refractivity contribution is 0.414. The van der Waals surface area contributed by atoms with Gasteiger partial charge in [-0.2, -0.15) is 0 Å². The summed E-state index contributed by atoms with van der Waals surface area (Å²) in [6.45, 7) is 3.88. The van der Waals surface area contributed by atoms with E-state index in [1.807, 2.05) is 38.1 Å². The van der Waals surface area contributed by atoms with Crippen molar-refractivity contribution in [1.29, 1.82) is 0 Å². The molecule has 0 aliphatic heterocycles. The summed E-state index contributed by atoms with van der Waals surface area (Å²) in [4.78, 5) is 0.282. The summed E-state index contributed by atoms with van der Waals surface area (Å²) >= 11 is 0. The van der Waals surface area contributed by atoms with Crippen LogP contribution in [0.5, 0.6) is 5.75 Å². The minimum Gasteiger partial charge on any atom is -0.497 e. The number of benzene rings is 2. The molecular formula is C17H21NO3S. The highest BCUT2D eigenvalue weighted by atomic mass is 32.2. The van der Waals surface area contributed by atoms with Crippen LogP contribution >= 0.6 is 0 Å². The third-order valence-electron chi connectivity index (χ3n) is 3.56. The summed E-state index contributed by atoms with van der Waals surface area (Å²) < 4.78 is 32.8. The molecule has 1 unspecified atom stereocenters. The van der Waals surface area contributed by atoms with Gasteiger partial charge in [-0.05, 0) is 43.2 Å². The number of ether oxygens (including phenoxy) is 1. The van der Waals surface area contributed by atoms with Gasteiger partial charge in [0, 0.05) is 6.04 Å². The molecule has 0 amide bonds. The summed E-state index contributed by atoms with van der Waals surface area (Å²) in [5, 5.41) is 0. The average molecular weight is 319 g/mol. The number of hydrogen-bond acceptors (Lipinski definition) is 3. The van der Waals surface area contributed by atoms with E-state index in [0.29, 0.717) is 6.42 Å². The minimum absolute atomic E-state index is 0.266. The maximum atomic E-state index is 12.5. The Kier molecular flexibility index (Phi) is 5.21. The largest absolute Gasteiger partial charge is 0.497 e. The van der Waals surface area contributed by atoms with Crippen LogP contribution in [0.15, 0.2) is 53.4 Å². The first kappa shape index (κ1) is 16.5. The molecule has 0 saturated carbocycles. The highest BCUT2D eigenvalue weighted by Crippen LogP contribution is 2.22. The van der Waals surface area contributed by atoms with E-state index in [4.69, 9.17) is 4.74 Å². The van der Waals surface area contributed by atoms with Gasteiger partial charge in [-0.25, -0.2) is 13.1 Å². The Hall–Kier alpha value is -1.85. The maximum Gasteiger partial charge on any atom is 0.241 e. The molecule has 0 bridgehead atoms.